The molecule has 0 saturated carbocycles. The molecular formula is C16H20N6O3. The van der Waals surface area contributed by atoms with Gasteiger partial charge in [-0.2, -0.15) is 0 Å². The molecule has 9 heteroatoms. The van der Waals surface area contributed by atoms with Crippen LogP contribution in [0.5, 0.6) is 0 Å². The van der Waals surface area contributed by atoms with Crippen LogP contribution in [0.1, 0.15) is 18.7 Å². The maximum Gasteiger partial charge on any atom is 0.317 e. The second-order valence-corrected chi connectivity index (χ2v) is 6.58. The fourth-order valence-electron chi connectivity index (χ4n) is 3.69. The highest BCUT2D eigenvalue weighted by Gasteiger charge is 2.32. The Bertz CT molecular complexity index is 819. The highest BCUT2D eigenvalue weighted by Crippen LogP contribution is 2.22. The SMILES string of the molecule is O=C(NCc1nc2ccc([N+](=O)[O-])cc2[nH]1)N1CCN2CCC[C@H]2C1. The quantitative estimate of drug-likeness (QED) is 0.647. The van der Waals surface area contributed by atoms with Crippen LogP contribution in [-0.2, 0) is 6.54 Å². The topological polar surface area (TPSA) is 107 Å². The highest BCUT2D eigenvalue weighted by atomic mass is 16.6. The minimum Gasteiger partial charge on any atom is -0.340 e. The lowest BCUT2D eigenvalue weighted by Crippen LogP contribution is -2.54. The minimum absolute atomic E-state index is 0.0150. The first kappa shape index (κ1) is 15.8. The van der Waals surface area contributed by atoms with E-state index in [0.717, 1.165) is 32.6 Å². The number of carbonyl (C=O) groups excluding carboxylic acids is 1. The van der Waals surface area contributed by atoms with Gasteiger partial charge in [-0.15, -0.1) is 0 Å². The maximum atomic E-state index is 12.4. The van der Waals surface area contributed by atoms with E-state index in [4.69, 9.17) is 0 Å². The molecule has 25 heavy (non-hydrogen) atoms. The fourth-order valence-corrected chi connectivity index (χ4v) is 3.69. The van der Waals surface area contributed by atoms with E-state index in [1.807, 2.05) is 4.90 Å². The molecule has 2 aromatic rings. The molecule has 0 spiro atoms. The molecule has 2 aliphatic rings. The molecule has 2 aliphatic heterocycles. The van der Waals surface area contributed by atoms with E-state index < -0.39 is 4.92 Å². The summed E-state index contributed by atoms with van der Waals surface area (Å²) < 4.78 is 0. The van der Waals surface area contributed by atoms with Crippen LogP contribution in [0.2, 0.25) is 0 Å². The van der Waals surface area contributed by atoms with Crippen molar-refractivity contribution in [2.75, 3.05) is 26.2 Å². The van der Waals surface area contributed by atoms with Gasteiger partial charge in [0.05, 0.1) is 22.5 Å². The number of hydrogen-bond acceptors (Lipinski definition) is 5. The van der Waals surface area contributed by atoms with Crippen molar-refractivity contribution >= 4 is 22.8 Å². The fraction of sp³-hybridized carbons (Fsp3) is 0.500. The van der Waals surface area contributed by atoms with E-state index >= 15 is 0 Å². The Hall–Kier alpha value is -2.68. The average molecular weight is 344 g/mol. The number of piperazine rings is 1. The van der Waals surface area contributed by atoms with Crippen LogP contribution in [0.4, 0.5) is 10.5 Å². The van der Waals surface area contributed by atoms with Gasteiger partial charge < -0.3 is 15.2 Å². The van der Waals surface area contributed by atoms with Crippen LogP contribution >= 0.6 is 0 Å². The zero-order chi connectivity index (χ0) is 17.4. The summed E-state index contributed by atoms with van der Waals surface area (Å²) in [6.07, 6.45) is 2.37. The molecule has 2 N–H and O–H groups in total. The standard InChI is InChI=1S/C16H20N6O3/c23-16(21-7-6-20-5-1-2-12(20)10-21)17-9-15-18-13-4-3-11(22(24)25)8-14(13)19-15/h3-4,8,12H,1-2,5-7,9-10H2,(H,17,23)(H,18,19)/t12-/m0/s1. The van der Waals surface area contributed by atoms with E-state index in [-0.39, 0.29) is 18.3 Å². The van der Waals surface area contributed by atoms with Crippen molar-refractivity contribution in [1.29, 1.82) is 0 Å². The number of H-pyrrole nitrogens is 1. The number of urea groups is 1. The molecular weight excluding hydrogens is 324 g/mol. The largest absolute Gasteiger partial charge is 0.340 e. The first-order valence-electron chi connectivity index (χ1n) is 8.50. The van der Waals surface area contributed by atoms with Crippen LogP contribution in [-0.4, -0.2) is 62.9 Å². The van der Waals surface area contributed by atoms with Crippen LogP contribution < -0.4 is 5.32 Å². The third kappa shape index (κ3) is 3.14. The Morgan fingerprint density at radius 2 is 2.28 bits per heavy atom. The number of fused-ring (bicyclic) bond motifs is 2. The summed E-state index contributed by atoms with van der Waals surface area (Å²) in [5.41, 5.74) is 1.26. The monoisotopic (exact) mass is 344 g/mol. The summed E-state index contributed by atoms with van der Waals surface area (Å²) in [4.78, 5) is 34.5. The molecule has 1 aromatic heterocycles. The predicted molar refractivity (Wildman–Crippen MR) is 91.2 cm³/mol. The first-order valence-corrected chi connectivity index (χ1v) is 8.50. The Labute approximate surface area is 144 Å². The smallest absolute Gasteiger partial charge is 0.317 e. The zero-order valence-electron chi connectivity index (χ0n) is 13.8. The van der Waals surface area contributed by atoms with Gasteiger partial charge in [0.15, 0.2) is 0 Å². The molecule has 0 unspecified atom stereocenters. The summed E-state index contributed by atoms with van der Waals surface area (Å²) in [7, 11) is 0. The number of nitrogens with zero attached hydrogens (tertiary/aromatic N) is 4. The van der Waals surface area contributed by atoms with Gasteiger partial charge in [0.1, 0.15) is 5.82 Å². The van der Waals surface area contributed by atoms with Gasteiger partial charge in [0, 0.05) is 37.8 Å². The van der Waals surface area contributed by atoms with Crippen molar-refractivity contribution < 1.29 is 9.72 Å². The molecule has 9 nitrogen and oxygen atoms in total. The third-order valence-electron chi connectivity index (χ3n) is 5.01. The van der Waals surface area contributed by atoms with Crippen molar-refractivity contribution in [2.24, 2.45) is 0 Å². The predicted octanol–water partition coefficient (Wildman–Crippen LogP) is 1.46. The zero-order valence-corrected chi connectivity index (χ0v) is 13.8. The van der Waals surface area contributed by atoms with E-state index in [1.54, 1.807) is 6.07 Å². The third-order valence-corrected chi connectivity index (χ3v) is 5.01. The van der Waals surface area contributed by atoms with Crippen LogP contribution in [0.25, 0.3) is 11.0 Å². The van der Waals surface area contributed by atoms with E-state index in [1.165, 1.54) is 18.6 Å². The Balaban J connectivity index is 1.38. The molecule has 2 fully saturated rings. The van der Waals surface area contributed by atoms with Gasteiger partial charge in [-0.3, -0.25) is 15.0 Å². The van der Waals surface area contributed by atoms with Crippen LogP contribution in [0.3, 0.4) is 0 Å². The number of benzene rings is 1. The van der Waals surface area contributed by atoms with E-state index in [2.05, 4.69) is 20.2 Å². The van der Waals surface area contributed by atoms with Crippen LogP contribution in [0, 0.1) is 10.1 Å². The average Bonchev–Trinajstić information content (AvgIpc) is 3.24. The van der Waals surface area contributed by atoms with Gasteiger partial charge >= 0.3 is 6.03 Å². The number of carbonyl (C=O) groups is 1. The highest BCUT2D eigenvalue weighted by molar-refractivity contribution is 5.78. The molecule has 1 atom stereocenters. The molecule has 0 radical (unpaired) electrons. The second kappa shape index (κ2) is 6.32. The van der Waals surface area contributed by atoms with Gasteiger partial charge in [-0.25, -0.2) is 9.78 Å². The van der Waals surface area contributed by atoms with Crippen molar-refractivity contribution in [3.8, 4) is 0 Å². The number of imidazole rings is 1. The molecule has 4 rings (SSSR count). The van der Waals surface area contributed by atoms with Gasteiger partial charge in [0.2, 0.25) is 0 Å². The Morgan fingerprint density at radius 3 is 3.12 bits per heavy atom. The molecule has 0 bridgehead atoms. The lowest BCUT2D eigenvalue weighted by molar-refractivity contribution is -0.384. The summed E-state index contributed by atoms with van der Waals surface area (Å²) in [5.74, 6) is 0.586. The molecule has 2 saturated heterocycles. The minimum atomic E-state index is -0.440. The molecule has 132 valence electrons. The summed E-state index contributed by atoms with van der Waals surface area (Å²) in [6.45, 7) is 3.87. The van der Waals surface area contributed by atoms with Gasteiger partial charge in [-0.1, -0.05) is 0 Å². The molecule has 3 heterocycles. The van der Waals surface area contributed by atoms with Crippen molar-refractivity contribution in [2.45, 2.75) is 25.4 Å². The number of hydrogen-bond donors (Lipinski definition) is 2. The van der Waals surface area contributed by atoms with Crippen molar-refractivity contribution in [1.82, 2.24) is 25.1 Å². The van der Waals surface area contributed by atoms with Crippen LogP contribution in [0.15, 0.2) is 18.2 Å². The van der Waals surface area contributed by atoms with E-state index in [0.29, 0.717) is 22.9 Å². The summed E-state index contributed by atoms with van der Waals surface area (Å²) in [5, 5.41) is 13.7. The number of nitro benzene ring substituents is 1. The first-order chi connectivity index (χ1) is 12.1. The number of nitrogens with one attached hydrogen (secondary N) is 2. The van der Waals surface area contributed by atoms with Crippen molar-refractivity contribution in [3.63, 3.8) is 0 Å². The molecule has 2 amide bonds. The lowest BCUT2D eigenvalue weighted by Gasteiger charge is -2.37. The number of aromatic nitrogens is 2. The summed E-state index contributed by atoms with van der Waals surface area (Å²) in [6, 6.07) is 4.89. The molecule has 1 aromatic carbocycles. The maximum absolute atomic E-state index is 12.4. The Morgan fingerprint density at radius 1 is 1.40 bits per heavy atom. The molecule has 0 aliphatic carbocycles. The number of aromatic amines is 1. The lowest BCUT2D eigenvalue weighted by atomic mass is 10.2. The number of non-ortho nitro benzene ring substituents is 1. The van der Waals surface area contributed by atoms with Gasteiger partial charge in [0.25, 0.3) is 5.69 Å². The number of rotatable bonds is 3. The Kier molecular flexibility index (Phi) is 4.00. The number of amides is 2. The summed E-state index contributed by atoms with van der Waals surface area (Å²) >= 11 is 0. The van der Waals surface area contributed by atoms with E-state index in [9.17, 15) is 14.9 Å². The normalized spacial score (nSPS) is 20.6. The number of nitro groups is 1. The van der Waals surface area contributed by atoms with Gasteiger partial charge in [-0.05, 0) is 25.5 Å². The van der Waals surface area contributed by atoms with Crippen molar-refractivity contribution in [3.05, 3.63) is 34.1 Å². The second-order valence-electron chi connectivity index (χ2n) is 6.58.